The molecule has 7 heteroatoms. The van der Waals surface area contributed by atoms with E-state index in [0.29, 0.717) is 11.1 Å². The second kappa shape index (κ2) is 10.1. The summed E-state index contributed by atoms with van der Waals surface area (Å²) in [4.78, 5) is 12.3. The Hall–Kier alpha value is -2.80. The Labute approximate surface area is 175 Å². The summed E-state index contributed by atoms with van der Waals surface area (Å²) < 4.78 is 11.2. The maximum atomic E-state index is 12.3. The second-order valence-corrected chi connectivity index (χ2v) is 7.47. The number of aryl methyl sites for hydroxylation is 3. The molecule has 6 nitrogen and oxygen atoms in total. The van der Waals surface area contributed by atoms with Gasteiger partial charge in [0.2, 0.25) is 5.91 Å². The highest BCUT2D eigenvalue weighted by atomic mass is 32.2. The minimum Gasteiger partial charge on any atom is -0.484 e. The first kappa shape index (κ1) is 20.9. The molecule has 1 N–H and O–H groups in total. The molecule has 0 radical (unpaired) electrons. The third-order valence-corrected chi connectivity index (χ3v) is 5.29. The van der Waals surface area contributed by atoms with Gasteiger partial charge in [-0.3, -0.25) is 4.79 Å². The monoisotopic (exact) mass is 411 g/mol. The number of carbonyl (C=O) groups excluding carboxylic acids is 1. The molecule has 0 unspecified atom stereocenters. The van der Waals surface area contributed by atoms with E-state index in [1.165, 1.54) is 17.3 Å². The first-order valence-electron chi connectivity index (χ1n) is 9.64. The largest absolute Gasteiger partial charge is 0.484 e. The molecule has 1 heterocycles. The van der Waals surface area contributed by atoms with Crippen LogP contribution < -0.4 is 10.1 Å². The standard InChI is InChI=1S/C22H25N3O3S/c1-4-16-9-11-18(12-10-16)27-13-20-24-25-22(28-20)29-14-19(26)23-21-15(3)7-6-8-17(21)5-2/h6-12H,4-5,13-14H2,1-3H3,(H,23,26). The van der Waals surface area contributed by atoms with Crippen LogP contribution in [0.5, 0.6) is 5.75 Å². The average Bonchev–Trinajstić information content (AvgIpc) is 3.20. The topological polar surface area (TPSA) is 77.2 Å². The van der Waals surface area contributed by atoms with Crippen molar-refractivity contribution in [2.24, 2.45) is 0 Å². The van der Waals surface area contributed by atoms with Crippen molar-refractivity contribution >= 4 is 23.4 Å². The van der Waals surface area contributed by atoms with Crippen LogP contribution in [0, 0.1) is 6.92 Å². The number of rotatable bonds is 9. The number of nitrogens with one attached hydrogen (secondary N) is 1. The molecule has 0 fully saturated rings. The van der Waals surface area contributed by atoms with E-state index in [1.807, 2.05) is 49.4 Å². The van der Waals surface area contributed by atoms with Gasteiger partial charge < -0.3 is 14.5 Å². The molecule has 3 rings (SSSR count). The maximum Gasteiger partial charge on any atom is 0.277 e. The molecule has 0 bridgehead atoms. The van der Waals surface area contributed by atoms with E-state index >= 15 is 0 Å². The summed E-state index contributed by atoms with van der Waals surface area (Å²) in [5, 5.41) is 11.3. The van der Waals surface area contributed by atoms with Gasteiger partial charge in [0.15, 0.2) is 6.61 Å². The minimum atomic E-state index is -0.106. The zero-order valence-electron chi connectivity index (χ0n) is 16.9. The van der Waals surface area contributed by atoms with Crippen molar-refractivity contribution in [1.29, 1.82) is 0 Å². The van der Waals surface area contributed by atoms with Crippen LogP contribution in [0.3, 0.4) is 0 Å². The summed E-state index contributed by atoms with van der Waals surface area (Å²) >= 11 is 1.21. The molecule has 0 aliphatic heterocycles. The lowest BCUT2D eigenvalue weighted by atomic mass is 10.1. The highest BCUT2D eigenvalue weighted by Gasteiger charge is 2.12. The van der Waals surface area contributed by atoms with Crippen LogP contribution in [0.2, 0.25) is 0 Å². The number of hydrogen-bond acceptors (Lipinski definition) is 6. The van der Waals surface area contributed by atoms with Crippen molar-refractivity contribution in [1.82, 2.24) is 10.2 Å². The predicted molar refractivity (Wildman–Crippen MR) is 114 cm³/mol. The van der Waals surface area contributed by atoms with Gasteiger partial charge in [-0.25, -0.2) is 0 Å². The van der Waals surface area contributed by atoms with Gasteiger partial charge in [-0.1, -0.05) is 55.9 Å². The van der Waals surface area contributed by atoms with Crippen molar-refractivity contribution in [2.45, 2.75) is 45.4 Å². The second-order valence-electron chi connectivity index (χ2n) is 6.55. The van der Waals surface area contributed by atoms with Crippen molar-refractivity contribution in [3.05, 3.63) is 65.0 Å². The number of nitrogens with zero attached hydrogens (tertiary/aromatic N) is 2. The number of amides is 1. The average molecular weight is 412 g/mol. The van der Waals surface area contributed by atoms with E-state index in [1.54, 1.807) is 0 Å². The number of para-hydroxylation sites is 1. The third kappa shape index (κ3) is 5.84. The van der Waals surface area contributed by atoms with E-state index in [2.05, 4.69) is 29.4 Å². The fourth-order valence-electron chi connectivity index (χ4n) is 2.83. The molecule has 1 amide bonds. The molecule has 2 aromatic carbocycles. The van der Waals surface area contributed by atoms with Gasteiger partial charge in [-0.2, -0.15) is 0 Å². The molecule has 0 atom stereocenters. The molecule has 152 valence electrons. The molecule has 1 aromatic heterocycles. The first-order chi connectivity index (χ1) is 14.1. The summed E-state index contributed by atoms with van der Waals surface area (Å²) in [6.45, 7) is 6.35. The quantitative estimate of drug-likeness (QED) is 0.509. The number of ether oxygens (including phenoxy) is 1. The van der Waals surface area contributed by atoms with Gasteiger partial charge >= 0.3 is 0 Å². The maximum absolute atomic E-state index is 12.3. The summed E-state index contributed by atoms with van der Waals surface area (Å²) in [5.41, 5.74) is 4.30. The lowest BCUT2D eigenvalue weighted by Gasteiger charge is -2.12. The van der Waals surface area contributed by atoms with E-state index < -0.39 is 0 Å². The Morgan fingerprint density at radius 1 is 1.10 bits per heavy atom. The molecule has 0 aliphatic carbocycles. The van der Waals surface area contributed by atoms with E-state index in [4.69, 9.17) is 9.15 Å². The summed E-state index contributed by atoms with van der Waals surface area (Å²) in [7, 11) is 0. The van der Waals surface area contributed by atoms with E-state index in [0.717, 1.165) is 35.4 Å². The van der Waals surface area contributed by atoms with Crippen molar-refractivity contribution in [3.8, 4) is 5.75 Å². The molecule has 0 saturated heterocycles. The van der Waals surface area contributed by atoms with Crippen LogP contribution in [0.1, 0.15) is 36.4 Å². The van der Waals surface area contributed by atoms with Crippen molar-refractivity contribution in [3.63, 3.8) is 0 Å². The highest BCUT2D eigenvalue weighted by Crippen LogP contribution is 2.23. The number of aromatic nitrogens is 2. The van der Waals surface area contributed by atoms with Crippen LogP contribution in [-0.4, -0.2) is 21.9 Å². The zero-order valence-corrected chi connectivity index (χ0v) is 17.7. The zero-order chi connectivity index (χ0) is 20.6. The Balaban J connectivity index is 1.49. The third-order valence-electron chi connectivity index (χ3n) is 4.47. The lowest BCUT2D eigenvalue weighted by Crippen LogP contribution is -2.16. The summed E-state index contributed by atoms with van der Waals surface area (Å²) in [6, 6.07) is 13.9. The molecule has 0 aliphatic rings. The fourth-order valence-corrected chi connectivity index (χ4v) is 3.41. The van der Waals surface area contributed by atoms with Crippen molar-refractivity contribution < 1.29 is 13.9 Å². The lowest BCUT2D eigenvalue weighted by molar-refractivity contribution is -0.113. The smallest absolute Gasteiger partial charge is 0.277 e. The summed E-state index contributed by atoms with van der Waals surface area (Å²) in [5.74, 6) is 1.21. The fraction of sp³-hybridized carbons (Fsp3) is 0.318. The molecular weight excluding hydrogens is 386 g/mol. The first-order valence-corrected chi connectivity index (χ1v) is 10.6. The minimum absolute atomic E-state index is 0.106. The highest BCUT2D eigenvalue weighted by molar-refractivity contribution is 7.99. The molecule has 29 heavy (non-hydrogen) atoms. The molecule has 3 aromatic rings. The SMILES string of the molecule is CCc1ccc(OCc2nnc(SCC(=O)Nc3c(C)cccc3CC)o2)cc1. The normalized spacial score (nSPS) is 10.7. The number of carbonyl (C=O) groups is 1. The van der Waals surface area contributed by atoms with Gasteiger partial charge in [0, 0.05) is 5.69 Å². The summed E-state index contributed by atoms with van der Waals surface area (Å²) in [6.07, 6.45) is 1.85. The molecule has 0 spiro atoms. The van der Waals surface area contributed by atoms with Crippen LogP contribution in [0.15, 0.2) is 52.1 Å². The number of anilines is 1. The number of thioether (sulfide) groups is 1. The van der Waals surface area contributed by atoms with Gasteiger partial charge in [0.05, 0.1) is 5.75 Å². The molecule has 0 saturated carbocycles. The van der Waals surface area contributed by atoms with Crippen LogP contribution in [0.25, 0.3) is 0 Å². The number of hydrogen-bond donors (Lipinski definition) is 1. The molecular formula is C22H25N3O3S. The Morgan fingerprint density at radius 2 is 1.90 bits per heavy atom. The Morgan fingerprint density at radius 3 is 2.62 bits per heavy atom. The number of benzene rings is 2. The van der Waals surface area contributed by atoms with E-state index in [-0.39, 0.29) is 18.3 Å². The van der Waals surface area contributed by atoms with Gasteiger partial charge in [0.25, 0.3) is 11.1 Å². The van der Waals surface area contributed by atoms with Crippen LogP contribution in [-0.2, 0) is 24.2 Å². The Bertz CT molecular complexity index is 954. The van der Waals surface area contributed by atoms with Crippen LogP contribution >= 0.6 is 11.8 Å². The van der Waals surface area contributed by atoms with Crippen molar-refractivity contribution in [2.75, 3.05) is 11.1 Å². The predicted octanol–water partition coefficient (Wildman–Crippen LogP) is 4.81. The van der Waals surface area contributed by atoms with E-state index in [9.17, 15) is 4.79 Å². The van der Waals surface area contributed by atoms with Gasteiger partial charge in [-0.05, 0) is 48.6 Å². The Kier molecular flexibility index (Phi) is 7.30. The van der Waals surface area contributed by atoms with Gasteiger partial charge in [0.1, 0.15) is 5.75 Å². The van der Waals surface area contributed by atoms with Gasteiger partial charge in [-0.15, -0.1) is 10.2 Å². The van der Waals surface area contributed by atoms with Crippen LogP contribution in [0.4, 0.5) is 5.69 Å².